The molecule has 1 aliphatic carbocycles. The molecule has 0 spiro atoms. The number of benzene rings is 2. The van der Waals surface area contributed by atoms with Crippen molar-refractivity contribution < 1.29 is 25.2 Å². The first kappa shape index (κ1) is 28.3. The summed E-state index contributed by atoms with van der Waals surface area (Å²) in [5.41, 5.74) is 6.49. The number of nitrogens with one attached hydrogen (secondary N) is 2. The number of fused-ring (bicyclic) bond motifs is 2. The van der Waals surface area contributed by atoms with Crippen molar-refractivity contribution >= 4 is 29.3 Å². The van der Waals surface area contributed by atoms with Gasteiger partial charge in [0.15, 0.2) is 0 Å². The van der Waals surface area contributed by atoms with Gasteiger partial charge < -0.3 is 30.7 Å². The minimum atomic E-state index is -1.19. The molecule has 9 heteroatoms. The smallest absolute Gasteiger partial charge is 0.329 e. The molecule has 6 N–H and O–H groups in total. The van der Waals surface area contributed by atoms with Gasteiger partial charge in [0.1, 0.15) is 12.4 Å². The molecule has 8 nitrogen and oxygen atoms in total. The summed E-state index contributed by atoms with van der Waals surface area (Å²) in [6.07, 6.45) is 3.34. The number of aromatic amines is 1. The molecular formula is C26H33ClN2O6. The summed E-state index contributed by atoms with van der Waals surface area (Å²) < 4.78 is 0. The van der Waals surface area contributed by atoms with E-state index in [1.165, 1.54) is 34.4 Å². The lowest BCUT2D eigenvalue weighted by Gasteiger charge is -2.18. The maximum absolute atomic E-state index is 11.6. The number of hydrogen-bond donors (Lipinski definition) is 6. The number of halogens is 1. The quantitative estimate of drug-likeness (QED) is 0.290. The van der Waals surface area contributed by atoms with E-state index in [1.807, 2.05) is 0 Å². The first-order chi connectivity index (χ1) is 16.3. The number of carboxylic acid groups (broad SMARTS) is 1. The zero-order chi connectivity index (χ0) is 24.8. The summed E-state index contributed by atoms with van der Waals surface area (Å²) in [4.78, 5) is 23.3. The van der Waals surface area contributed by atoms with Gasteiger partial charge in [-0.25, -0.2) is 4.79 Å². The molecule has 1 aliphatic rings. The van der Waals surface area contributed by atoms with Crippen LogP contribution in [0, 0.1) is 0 Å². The second-order valence-corrected chi connectivity index (χ2v) is 8.46. The van der Waals surface area contributed by atoms with Crippen LogP contribution in [0.3, 0.4) is 0 Å². The Morgan fingerprint density at radius 3 is 2.17 bits per heavy atom. The van der Waals surface area contributed by atoms with E-state index in [4.69, 9.17) is 15.0 Å². The summed E-state index contributed by atoms with van der Waals surface area (Å²) in [5.74, 6) is -1.18. The van der Waals surface area contributed by atoms with Gasteiger partial charge in [-0.1, -0.05) is 32.0 Å². The van der Waals surface area contributed by atoms with Crippen molar-refractivity contribution in [3.05, 3.63) is 74.6 Å². The maximum atomic E-state index is 11.6. The van der Waals surface area contributed by atoms with Gasteiger partial charge in [-0.3, -0.25) is 4.79 Å². The molecule has 0 saturated heterocycles. The Morgan fingerprint density at radius 1 is 1.09 bits per heavy atom. The number of aliphatic hydroxyl groups is 2. The molecule has 35 heavy (non-hydrogen) atoms. The van der Waals surface area contributed by atoms with E-state index in [0.29, 0.717) is 29.1 Å². The van der Waals surface area contributed by atoms with Crippen molar-refractivity contribution in [1.82, 2.24) is 10.3 Å². The zero-order valence-electron chi connectivity index (χ0n) is 19.9. The van der Waals surface area contributed by atoms with Crippen molar-refractivity contribution in [1.29, 1.82) is 0 Å². The number of aromatic hydroxyl groups is 1. The first-order valence-electron chi connectivity index (χ1n) is 11.5. The lowest BCUT2D eigenvalue weighted by molar-refractivity contribution is -0.140. The molecule has 2 aromatic carbocycles. The van der Waals surface area contributed by atoms with Crippen LogP contribution in [0.2, 0.25) is 0 Å². The predicted molar refractivity (Wildman–Crippen MR) is 138 cm³/mol. The molecule has 3 aromatic rings. The third kappa shape index (κ3) is 6.82. The normalized spacial score (nSPS) is 13.5. The molecule has 1 heterocycles. The van der Waals surface area contributed by atoms with Crippen molar-refractivity contribution in [2.45, 2.75) is 51.7 Å². The topological polar surface area (TPSA) is 143 Å². The fraction of sp³-hybridized carbons (Fsp3) is 0.385. The molecule has 0 radical (unpaired) electrons. The monoisotopic (exact) mass is 504 g/mol. The average molecular weight is 505 g/mol. The molecule has 0 fully saturated rings. The Kier molecular flexibility index (Phi) is 10.3. The Bertz CT molecular complexity index is 1190. The summed E-state index contributed by atoms with van der Waals surface area (Å²) in [7, 11) is 0. The van der Waals surface area contributed by atoms with Gasteiger partial charge in [0.25, 0.3) is 0 Å². The highest BCUT2D eigenvalue weighted by molar-refractivity contribution is 5.87. The van der Waals surface area contributed by atoms with Gasteiger partial charge in [-0.2, -0.15) is 0 Å². The summed E-state index contributed by atoms with van der Waals surface area (Å²) in [5, 5.41) is 40.0. The van der Waals surface area contributed by atoms with Gasteiger partial charge in [0, 0.05) is 24.0 Å². The van der Waals surface area contributed by atoms with E-state index in [1.54, 1.807) is 12.1 Å². The number of rotatable bonds is 7. The molecule has 190 valence electrons. The standard InChI is InChI=1S/C24H28N2O3.C2H4O3.ClH/c1-3-14-9-16-11-18(12-17(16)10-15(14)4-2)25-13-22(28)19-5-7-21(27)24-20(19)6-8-23(29)26-24;3-1-2(4)5;/h5-10,18,22,25,27-28H,3-4,11-13H2,1-2H3,(H,26,29);3H,1H2,(H,4,5);1H. The minimum Gasteiger partial charge on any atom is -0.506 e. The van der Waals surface area contributed by atoms with Crippen LogP contribution in [0.15, 0.2) is 41.2 Å². The number of H-pyrrole nitrogens is 1. The van der Waals surface area contributed by atoms with Gasteiger partial charge in [-0.15, -0.1) is 12.4 Å². The lowest BCUT2D eigenvalue weighted by atomic mass is 9.97. The van der Waals surface area contributed by atoms with Gasteiger partial charge in [0.05, 0.1) is 11.6 Å². The highest BCUT2D eigenvalue weighted by Crippen LogP contribution is 2.30. The second-order valence-electron chi connectivity index (χ2n) is 8.46. The number of pyridine rings is 1. The second kappa shape index (κ2) is 12.7. The third-order valence-electron chi connectivity index (χ3n) is 6.22. The van der Waals surface area contributed by atoms with Gasteiger partial charge >= 0.3 is 5.97 Å². The molecule has 0 bridgehead atoms. The molecular weight excluding hydrogens is 472 g/mol. The highest BCUT2D eigenvalue weighted by Gasteiger charge is 2.24. The number of hydrogen-bond acceptors (Lipinski definition) is 6. The molecule has 0 saturated carbocycles. The van der Waals surface area contributed by atoms with Crippen LogP contribution in [0.4, 0.5) is 0 Å². The number of aliphatic hydroxyl groups excluding tert-OH is 2. The fourth-order valence-corrected chi connectivity index (χ4v) is 4.51. The number of aromatic nitrogens is 1. The fourth-order valence-electron chi connectivity index (χ4n) is 4.51. The number of aliphatic carboxylic acids is 1. The average Bonchev–Trinajstić information content (AvgIpc) is 3.24. The number of aryl methyl sites for hydroxylation is 2. The molecule has 4 rings (SSSR count). The predicted octanol–water partition coefficient (Wildman–Crippen LogP) is 2.63. The van der Waals surface area contributed by atoms with Gasteiger partial charge in [-0.05, 0) is 65.6 Å². The van der Waals surface area contributed by atoms with E-state index < -0.39 is 18.7 Å². The van der Waals surface area contributed by atoms with Crippen LogP contribution in [-0.4, -0.2) is 50.6 Å². The molecule has 1 atom stereocenters. The highest BCUT2D eigenvalue weighted by atomic mass is 35.5. The summed E-state index contributed by atoms with van der Waals surface area (Å²) in [6, 6.07) is 11.3. The number of phenols is 1. The number of carbonyl (C=O) groups is 1. The SMILES string of the molecule is CCc1cc2c(cc1CC)CC(NCC(O)c1ccc(O)c3[nH]c(=O)ccc13)C2.Cl.O=C(O)CO. The number of carboxylic acids is 1. The van der Waals surface area contributed by atoms with Gasteiger partial charge in [0.2, 0.25) is 5.56 Å². The van der Waals surface area contributed by atoms with Crippen LogP contribution in [-0.2, 0) is 30.5 Å². The number of phenolic OH excluding ortho intramolecular Hbond substituents is 1. The first-order valence-corrected chi connectivity index (χ1v) is 11.5. The third-order valence-corrected chi connectivity index (χ3v) is 6.22. The Balaban J connectivity index is 0.000000656. The zero-order valence-corrected chi connectivity index (χ0v) is 20.7. The van der Waals surface area contributed by atoms with Crippen LogP contribution in [0.25, 0.3) is 10.9 Å². The lowest BCUT2D eigenvalue weighted by Crippen LogP contribution is -2.33. The van der Waals surface area contributed by atoms with E-state index in [0.717, 1.165) is 25.7 Å². The summed E-state index contributed by atoms with van der Waals surface area (Å²) >= 11 is 0. The molecule has 1 aromatic heterocycles. The Labute approximate surface area is 210 Å². The van der Waals surface area contributed by atoms with Crippen molar-refractivity contribution in [3.63, 3.8) is 0 Å². The van der Waals surface area contributed by atoms with E-state index >= 15 is 0 Å². The van der Waals surface area contributed by atoms with Crippen LogP contribution < -0.4 is 10.9 Å². The molecule has 0 aliphatic heterocycles. The Hall–Kier alpha value is -2.91. The van der Waals surface area contributed by atoms with E-state index in [2.05, 4.69) is 36.3 Å². The summed E-state index contributed by atoms with van der Waals surface area (Å²) in [6.45, 7) is 4.05. The molecule has 0 amide bonds. The minimum absolute atomic E-state index is 0. The largest absolute Gasteiger partial charge is 0.506 e. The van der Waals surface area contributed by atoms with Crippen molar-refractivity contribution in [2.24, 2.45) is 0 Å². The van der Waals surface area contributed by atoms with Crippen LogP contribution in [0.5, 0.6) is 5.75 Å². The van der Waals surface area contributed by atoms with Crippen molar-refractivity contribution in [2.75, 3.05) is 13.2 Å². The van der Waals surface area contributed by atoms with Crippen LogP contribution >= 0.6 is 12.4 Å². The maximum Gasteiger partial charge on any atom is 0.329 e. The Morgan fingerprint density at radius 2 is 1.66 bits per heavy atom. The van der Waals surface area contributed by atoms with Crippen molar-refractivity contribution in [3.8, 4) is 5.75 Å². The molecule has 1 unspecified atom stereocenters. The van der Waals surface area contributed by atoms with E-state index in [9.17, 15) is 15.0 Å². The van der Waals surface area contributed by atoms with E-state index in [-0.39, 0.29) is 23.7 Å². The van der Waals surface area contributed by atoms with Crippen LogP contribution in [0.1, 0.15) is 47.8 Å².